The lowest BCUT2D eigenvalue weighted by atomic mass is 10.4. The van der Waals surface area contributed by atoms with Gasteiger partial charge in [-0.15, -0.1) is 0 Å². The number of hydrogen-bond acceptors (Lipinski definition) is 2. The molecule has 1 aromatic heterocycles. The Bertz CT molecular complexity index is 337. The zero-order chi connectivity index (χ0) is 8.55. The van der Waals surface area contributed by atoms with E-state index in [9.17, 15) is 4.79 Å². The lowest BCUT2D eigenvalue weighted by Crippen LogP contribution is -2.18. The topological polar surface area (TPSA) is 39.0 Å². The second kappa shape index (κ2) is 2.69. The average molecular weight is 167 g/mol. The van der Waals surface area contributed by atoms with E-state index >= 15 is 0 Å². The van der Waals surface area contributed by atoms with Crippen molar-refractivity contribution in [2.45, 2.75) is 26.4 Å². The maximum Gasteiger partial charge on any atom is 0.290 e. The fourth-order valence-electron chi connectivity index (χ4n) is 1.64. The van der Waals surface area contributed by atoms with Gasteiger partial charge in [0.2, 0.25) is 0 Å². The summed E-state index contributed by atoms with van der Waals surface area (Å²) in [6.45, 7) is 4.64. The van der Waals surface area contributed by atoms with Gasteiger partial charge in [-0.1, -0.05) is 0 Å². The highest BCUT2D eigenvalue weighted by Gasteiger charge is 2.14. The molecular weight excluding hydrogens is 154 g/mol. The van der Waals surface area contributed by atoms with Gasteiger partial charge in [0, 0.05) is 19.6 Å². The predicted octanol–water partition coefficient (Wildman–Crippen LogP) is 0.485. The first-order valence-corrected chi connectivity index (χ1v) is 4.37. The molecular formula is C8H13N3O. The summed E-state index contributed by atoms with van der Waals surface area (Å²) in [7, 11) is 0. The molecule has 66 valence electrons. The van der Waals surface area contributed by atoms with Gasteiger partial charge in [-0.25, -0.2) is 4.68 Å². The monoisotopic (exact) mass is 167 g/mol. The zero-order valence-corrected chi connectivity index (χ0v) is 7.21. The number of hydrogen-bond donors (Lipinski definition) is 1. The number of anilines is 1. The molecule has 0 atom stereocenters. The quantitative estimate of drug-likeness (QED) is 0.696. The Hall–Kier alpha value is -1.19. The lowest BCUT2D eigenvalue weighted by Gasteiger charge is -1.94. The molecule has 0 radical (unpaired) electrons. The SMILES string of the molecule is CCNc1cn2n(c1=O)CCC2. The minimum Gasteiger partial charge on any atom is -0.380 e. The van der Waals surface area contributed by atoms with Crippen molar-refractivity contribution in [2.24, 2.45) is 0 Å². The Kier molecular flexibility index (Phi) is 1.67. The number of aromatic nitrogens is 2. The van der Waals surface area contributed by atoms with Crippen LogP contribution in [0.4, 0.5) is 5.69 Å². The highest BCUT2D eigenvalue weighted by molar-refractivity contribution is 5.38. The zero-order valence-electron chi connectivity index (χ0n) is 7.21. The fraction of sp³-hybridized carbons (Fsp3) is 0.625. The molecule has 4 heteroatoms. The molecule has 0 saturated heterocycles. The van der Waals surface area contributed by atoms with Gasteiger partial charge in [-0.05, 0) is 13.3 Å². The maximum atomic E-state index is 11.5. The van der Waals surface area contributed by atoms with Gasteiger partial charge >= 0.3 is 0 Å². The van der Waals surface area contributed by atoms with Crippen LogP contribution in [-0.4, -0.2) is 15.9 Å². The molecule has 1 aliphatic heterocycles. The van der Waals surface area contributed by atoms with Gasteiger partial charge in [0.05, 0.1) is 6.20 Å². The summed E-state index contributed by atoms with van der Waals surface area (Å²) in [6.07, 6.45) is 2.99. The van der Waals surface area contributed by atoms with E-state index in [2.05, 4.69) is 5.32 Å². The fourth-order valence-corrected chi connectivity index (χ4v) is 1.64. The molecule has 4 nitrogen and oxygen atoms in total. The van der Waals surface area contributed by atoms with E-state index in [1.165, 1.54) is 0 Å². The summed E-state index contributed by atoms with van der Waals surface area (Å²) in [5.41, 5.74) is 0.853. The third-order valence-corrected chi connectivity index (χ3v) is 2.18. The van der Waals surface area contributed by atoms with Crippen LogP contribution in [0, 0.1) is 0 Å². The normalized spacial score (nSPS) is 14.8. The van der Waals surface area contributed by atoms with E-state index in [1.54, 1.807) is 4.68 Å². The largest absolute Gasteiger partial charge is 0.380 e. The molecule has 2 rings (SSSR count). The molecule has 0 amide bonds. The van der Waals surface area contributed by atoms with Crippen LogP contribution in [0.3, 0.4) is 0 Å². The minimum absolute atomic E-state index is 0.120. The second-order valence-corrected chi connectivity index (χ2v) is 3.02. The molecule has 12 heavy (non-hydrogen) atoms. The van der Waals surface area contributed by atoms with E-state index in [4.69, 9.17) is 0 Å². The van der Waals surface area contributed by atoms with Crippen molar-refractivity contribution >= 4 is 5.69 Å². The highest BCUT2D eigenvalue weighted by Crippen LogP contribution is 2.08. The molecule has 1 N–H and O–H groups in total. The lowest BCUT2D eigenvalue weighted by molar-refractivity contribution is 0.594. The van der Waals surface area contributed by atoms with Gasteiger partial charge in [-0.3, -0.25) is 9.48 Å². The highest BCUT2D eigenvalue weighted by atomic mass is 16.1. The van der Waals surface area contributed by atoms with Crippen LogP contribution in [0.25, 0.3) is 0 Å². The maximum absolute atomic E-state index is 11.5. The van der Waals surface area contributed by atoms with Crippen molar-refractivity contribution in [3.05, 3.63) is 16.6 Å². The second-order valence-electron chi connectivity index (χ2n) is 3.02. The van der Waals surface area contributed by atoms with Crippen molar-refractivity contribution in [1.82, 2.24) is 9.36 Å². The Labute approximate surface area is 70.8 Å². The molecule has 1 aromatic rings. The number of nitrogens with one attached hydrogen (secondary N) is 1. The van der Waals surface area contributed by atoms with E-state index in [0.717, 1.165) is 31.7 Å². The van der Waals surface area contributed by atoms with Gasteiger partial charge in [0.25, 0.3) is 5.56 Å². The van der Waals surface area contributed by atoms with Crippen LogP contribution in [0.15, 0.2) is 11.0 Å². The summed E-state index contributed by atoms with van der Waals surface area (Å²) in [5.74, 6) is 0. The molecule has 0 bridgehead atoms. The first kappa shape index (κ1) is 7.46. The molecule has 0 aliphatic carbocycles. The standard InChI is InChI=1S/C8H13N3O/c1-2-9-7-6-10-4-3-5-11(10)8(7)12/h6,9H,2-5H2,1H3. The van der Waals surface area contributed by atoms with Gasteiger partial charge in [-0.2, -0.15) is 0 Å². The van der Waals surface area contributed by atoms with Crippen LogP contribution in [0.2, 0.25) is 0 Å². The van der Waals surface area contributed by atoms with Crippen LogP contribution in [-0.2, 0) is 13.1 Å². The van der Waals surface area contributed by atoms with Crippen LogP contribution < -0.4 is 10.9 Å². The minimum atomic E-state index is 0.120. The summed E-state index contributed by atoms with van der Waals surface area (Å²) in [4.78, 5) is 11.5. The average Bonchev–Trinajstić information content (AvgIpc) is 2.58. The Balaban J connectivity index is 2.41. The summed E-state index contributed by atoms with van der Waals surface area (Å²) >= 11 is 0. The van der Waals surface area contributed by atoms with Crippen molar-refractivity contribution < 1.29 is 0 Å². The number of rotatable bonds is 2. The smallest absolute Gasteiger partial charge is 0.290 e. The van der Waals surface area contributed by atoms with Crippen LogP contribution in [0.5, 0.6) is 0 Å². The summed E-state index contributed by atoms with van der Waals surface area (Å²) < 4.78 is 3.78. The summed E-state index contributed by atoms with van der Waals surface area (Å²) in [6, 6.07) is 0. The van der Waals surface area contributed by atoms with E-state index in [-0.39, 0.29) is 5.56 Å². The first-order chi connectivity index (χ1) is 5.83. The molecule has 0 fully saturated rings. The molecule has 1 aliphatic rings. The van der Waals surface area contributed by atoms with Crippen molar-refractivity contribution in [3.8, 4) is 0 Å². The van der Waals surface area contributed by atoms with E-state index in [1.807, 2.05) is 17.8 Å². The first-order valence-electron chi connectivity index (χ1n) is 4.37. The molecule has 0 aromatic carbocycles. The molecule has 0 saturated carbocycles. The van der Waals surface area contributed by atoms with Crippen molar-refractivity contribution in [1.29, 1.82) is 0 Å². The Morgan fingerprint density at radius 2 is 2.42 bits per heavy atom. The van der Waals surface area contributed by atoms with E-state index < -0.39 is 0 Å². The third kappa shape index (κ3) is 0.948. The van der Waals surface area contributed by atoms with Crippen LogP contribution >= 0.6 is 0 Å². The molecule has 2 heterocycles. The summed E-state index contributed by atoms with van der Waals surface area (Å²) in [5, 5.41) is 3.05. The van der Waals surface area contributed by atoms with Crippen molar-refractivity contribution in [2.75, 3.05) is 11.9 Å². The molecule has 0 spiro atoms. The van der Waals surface area contributed by atoms with Gasteiger partial charge < -0.3 is 5.32 Å². The number of fused-ring (bicyclic) bond motifs is 1. The predicted molar refractivity (Wildman–Crippen MR) is 47.5 cm³/mol. The van der Waals surface area contributed by atoms with Crippen molar-refractivity contribution in [3.63, 3.8) is 0 Å². The van der Waals surface area contributed by atoms with Gasteiger partial charge in [0.15, 0.2) is 0 Å². The number of aryl methyl sites for hydroxylation is 1. The van der Waals surface area contributed by atoms with Gasteiger partial charge in [0.1, 0.15) is 5.69 Å². The van der Waals surface area contributed by atoms with E-state index in [0.29, 0.717) is 0 Å². The Morgan fingerprint density at radius 3 is 3.08 bits per heavy atom. The third-order valence-electron chi connectivity index (χ3n) is 2.18. The molecule has 0 unspecified atom stereocenters. The van der Waals surface area contributed by atoms with Crippen LogP contribution in [0.1, 0.15) is 13.3 Å². The Morgan fingerprint density at radius 1 is 1.58 bits per heavy atom. The number of nitrogens with zero attached hydrogens (tertiary/aromatic N) is 2.